The largest absolute Gasteiger partial charge is 0.376 e. The molecule has 2 fully saturated rings. The Bertz CT molecular complexity index is 624. The smallest absolute Gasteiger partial charge is 0.321 e. The number of nitrogens with zero attached hydrogens (tertiary/aromatic N) is 1. The summed E-state index contributed by atoms with van der Waals surface area (Å²) >= 11 is 0. The van der Waals surface area contributed by atoms with Crippen LogP contribution in [0.5, 0.6) is 0 Å². The van der Waals surface area contributed by atoms with Crippen LogP contribution in [-0.4, -0.2) is 49.7 Å². The Hall–Kier alpha value is -2.08. The van der Waals surface area contributed by atoms with E-state index in [-0.39, 0.29) is 18.0 Å². The van der Waals surface area contributed by atoms with E-state index in [1.54, 1.807) is 7.05 Å². The van der Waals surface area contributed by atoms with Crippen molar-refractivity contribution in [1.29, 1.82) is 0 Å². The molecular formula is C20H29N3O3. The number of hydrogen-bond donors (Lipinski definition) is 2. The van der Waals surface area contributed by atoms with Gasteiger partial charge in [-0.25, -0.2) is 4.79 Å². The highest BCUT2D eigenvalue weighted by Crippen LogP contribution is 2.28. The van der Waals surface area contributed by atoms with Crippen LogP contribution in [0.3, 0.4) is 0 Å². The minimum atomic E-state index is -0.0792. The number of likely N-dealkylation sites (N-methyl/N-ethyl adjacent to an activating group) is 1. The second-order valence-electron chi connectivity index (χ2n) is 7.32. The molecule has 1 aromatic carbocycles. The zero-order chi connectivity index (χ0) is 18.4. The van der Waals surface area contributed by atoms with Crippen molar-refractivity contribution in [2.45, 2.75) is 44.6 Å². The van der Waals surface area contributed by atoms with Gasteiger partial charge in [-0.15, -0.1) is 0 Å². The van der Waals surface area contributed by atoms with Gasteiger partial charge in [0.05, 0.1) is 12.5 Å². The Morgan fingerprint density at radius 1 is 1.19 bits per heavy atom. The van der Waals surface area contributed by atoms with E-state index in [1.807, 2.05) is 29.2 Å². The standard InChI is InChI=1S/C20H29N3O3/c1-21-19(24)12-16-7-3-8-17(11-16)22-20(25)23(13-15-5-2-6-15)14-18-9-4-10-26-18/h3,7-8,11,15,18H,2,4-6,9-10,12-14H2,1H3,(H,21,24)(H,22,25)/t18-/m0/s1. The lowest BCUT2D eigenvalue weighted by Gasteiger charge is -2.33. The van der Waals surface area contributed by atoms with Gasteiger partial charge < -0.3 is 20.3 Å². The molecule has 0 spiro atoms. The lowest BCUT2D eigenvalue weighted by atomic mass is 9.85. The molecule has 1 aromatic rings. The summed E-state index contributed by atoms with van der Waals surface area (Å²) in [5.74, 6) is 0.570. The van der Waals surface area contributed by atoms with Gasteiger partial charge >= 0.3 is 6.03 Å². The summed E-state index contributed by atoms with van der Waals surface area (Å²) in [5.41, 5.74) is 1.61. The number of amides is 3. The number of hydrogen-bond acceptors (Lipinski definition) is 3. The summed E-state index contributed by atoms with van der Waals surface area (Å²) < 4.78 is 5.73. The molecule has 1 saturated carbocycles. The molecule has 3 rings (SSSR count). The first-order chi connectivity index (χ1) is 12.6. The SMILES string of the molecule is CNC(=O)Cc1cccc(NC(=O)N(CC2CCC2)C[C@@H]2CCCO2)c1. The highest BCUT2D eigenvalue weighted by Gasteiger charge is 2.27. The molecule has 1 atom stereocenters. The molecule has 1 saturated heterocycles. The quantitative estimate of drug-likeness (QED) is 0.786. The molecule has 6 nitrogen and oxygen atoms in total. The molecule has 0 bridgehead atoms. The van der Waals surface area contributed by atoms with Gasteiger partial charge in [0.15, 0.2) is 0 Å². The fourth-order valence-electron chi connectivity index (χ4n) is 3.50. The van der Waals surface area contributed by atoms with Crippen LogP contribution >= 0.6 is 0 Å². The van der Waals surface area contributed by atoms with E-state index in [0.717, 1.165) is 37.2 Å². The van der Waals surface area contributed by atoms with Gasteiger partial charge in [-0.05, 0) is 49.3 Å². The summed E-state index contributed by atoms with van der Waals surface area (Å²) in [6.45, 7) is 2.25. The van der Waals surface area contributed by atoms with Crippen molar-refractivity contribution in [2.75, 3.05) is 32.1 Å². The van der Waals surface area contributed by atoms with Crippen LogP contribution < -0.4 is 10.6 Å². The van der Waals surface area contributed by atoms with Gasteiger partial charge in [-0.2, -0.15) is 0 Å². The van der Waals surface area contributed by atoms with Crippen LogP contribution in [0.25, 0.3) is 0 Å². The van der Waals surface area contributed by atoms with Crippen molar-refractivity contribution in [2.24, 2.45) is 5.92 Å². The normalized spacial score (nSPS) is 19.7. The fraction of sp³-hybridized carbons (Fsp3) is 0.600. The average Bonchev–Trinajstić information content (AvgIpc) is 3.10. The van der Waals surface area contributed by atoms with Crippen molar-refractivity contribution >= 4 is 17.6 Å². The first kappa shape index (κ1) is 18.7. The molecule has 2 N–H and O–H groups in total. The van der Waals surface area contributed by atoms with Crippen molar-refractivity contribution in [3.8, 4) is 0 Å². The second-order valence-corrected chi connectivity index (χ2v) is 7.32. The summed E-state index contributed by atoms with van der Waals surface area (Å²) in [5, 5.41) is 5.62. The molecule has 3 amide bonds. The lowest BCUT2D eigenvalue weighted by molar-refractivity contribution is -0.119. The zero-order valence-electron chi connectivity index (χ0n) is 15.5. The highest BCUT2D eigenvalue weighted by molar-refractivity contribution is 5.89. The third-order valence-corrected chi connectivity index (χ3v) is 5.26. The predicted octanol–water partition coefficient (Wildman–Crippen LogP) is 2.79. The summed E-state index contributed by atoms with van der Waals surface area (Å²) in [6.07, 6.45) is 6.23. The molecule has 142 valence electrons. The van der Waals surface area contributed by atoms with Gasteiger partial charge in [0.1, 0.15) is 0 Å². The van der Waals surface area contributed by atoms with Gasteiger partial charge in [0.25, 0.3) is 0 Å². The van der Waals surface area contributed by atoms with Crippen molar-refractivity contribution in [3.05, 3.63) is 29.8 Å². The minimum absolute atomic E-state index is 0.0431. The fourth-order valence-corrected chi connectivity index (χ4v) is 3.50. The Labute approximate surface area is 155 Å². The number of rotatable bonds is 7. The van der Waals surface area contributed by atoms with Crippen LogP contribution in [0.4, 0.5) is 10.5 Å². The first-order valence-electron chi connectivity index (χ1n) is 9.61. The Morgan fingerprint density at radius 3 is 2.69 bits per heavy atom. The van der Waals surface area contributed by atoms with Crippen LogP contribution in [-0.2, 0) is 16.0 Å². The number of urea groups is 1. The number of carbonyl (C=O) groups is 2. The van der Waals surface area contributed by atoms with E-state index >= 15 is 0 Å². The molecule has 1 heterocycles. The molecule has 0 unspecified atom stereocenters. The average molecular weight is 359 g/mol. The predicted molar refractivity (Wildman–Crippen MR) is 101 cm³/mol. The third-order valence-electron chi connectivity index (χ3n) is 5.26. The highest BCUT2D eigenvalue weighted by atomic mass is 16.5. The van der Waals surface area contributed by atoms with Gasteiger partial charge in [0, 0.05) is 32.4 Å². The molecule has 0 aromatic heterocycles. The van der Waals surface area contributed by atoms with Crippen LogP contribution in [0.15, 0.2) is 24.3 Å². The summed E-state index contributed by atoms with van der Waals surface area (Å²) in [7, 11) is 1.62. The van der Waals surface area contributed by atoms with E-state index in [2.05, 4.69) is 10.6 Å². The summed E-state index contributed by atoms with van der Waals surface area (Å²) in [4.78, 5) is 26.3. The van der Waals surface area contributed by atoms with Crippen molar-refractivity contribution in [1.82, 2.24) is 10.2 Å². The maximum absolute atomic E-state index is 12.8. The minimum Gasteiger partial charge on any atom is -0.376 e. The van der Waals surface area contributed by atoms with E-state index in [0.29, 0.717) is 18.9 Å². The molecule has 6 heteroatoms. The van der Waals surface area contributed by atoms with E-state index in [4.69, 9.17) is 4.74 Å². The molecule has 26 heavy (non-hydrogen) atoms. The van der Waals surface area contributed by atoms with Crippen LogP contribution in [0.2, 0.25) is 0 Å². The zero-order valence-corrected chi connectivity index (χ0v) is 15.5. The van der Waals surface area contributed by atoms with Crippen LogP contribution in [0.1, 0.15) is 37.7 Å². The number of carbonyl (C=O) groups excluding carboxylic acids is 2. The van der Waals surface area contributed by atoms with Gasteiger partial charge in [-0.3, -0.25) is 4.79 Å². The number of ether oxygens (including phenoxy) is 1. The monoisotopic (exact) mass is 359 g/mol. The maximum Gasteiger partial charge on any atom is 0.321 e. The lowest BCUT2D eigenvalue weighted by Crippen LogP contribution is -2.44. The third kappa shape index (κ3) is 5.21. The number of anilines is 1. The topological polar surface area (TPSA) is 70.7 Å². The molecule has 0 radical (unpaired) electrons. The van der Waals surface area contributed by atoms with Crippen molar-refractivity contribution < 1.29 is 14.3 Å². The molecular weight excluding hydrogens is 330 g/mol. The summed E-state index contributed by atoms with van der Waals surface area (Å²) in [6, 6.07) is 7.40. The number of benzene rings is 1. The molecule has 1 aliphatic carbocycles. The van der Waals surface area contributed by atoms with E-state index in [1.165, 1.54) is 19.3 Å². The second kappa shape index (κ2) is 9.03. The van der Waals surface area contributed by atoms with Gasteiger partial charge in [-0.1, -0.05) is 18.6 Å². The Kier molecular flexibility index (Phi) is 6.50. The van der Waals surface area contributed by atoms with Crippen LogP contribution in [0, 0.1) is 5.92 Å². The van der Waals surface area contributed by atoms with Gasteiger partial charge in [0.2, 0.25) is 5.91 Å². The van der Waals surface area contributed by atoms with Crippen molar-refractivity contribution in [3.63, 3.8) is 0 Å². The Balaban J connectivity index is 1.62. The number of nitrogens with one attached hydrogen (secondary N) is 2. The maximum atomic E-state index is 12.8. The molecule has 1 aliphatic heterocycles. The van der Waals surface area contributed by atoms with E-state index < -0.39 is 0 Å². The Morgan fingerprint density at radius 2 is 2.04 bits per heavy atom. The van der Waals surface area contributed by atoms with E-state index in [9.17, 15) is 9.59 Å². The first-order valence-corrected chi connectivity index (χ1v) is 9.61. The molecule has 2 aliphatic rings.